The number of nitrogens with zero attached hydrogens (tertiary/aromatic N) is 3. The van der Waals surface area contributed by atoms with Crippen LogP contribution in [0.5, 0.6) is 0 Å². The van der Waals surface area contributed by atoms with Gasteiger partial charge in [0.05, 0.1) is 11.4 Å². The van der Waals surface area contributed by atoms with E-state index in [1.165, 1.54) is 4.57 Å². The number of rotatable bonds is 1. The van der Waals surface area contributed by atoms with Crippen LogP contribution in [0.25, 0.3) is 5.69 Å². The predicted molar refractivity (Wildman–Crippen MR) is 53.1 cm³/mol. The zero-order valence-electron chi connectivity index (χ0n) is 7.74. The highest BCUT2D eigenvalue weighted by Gasteiger charge is 2.09. The van der Waals surface area contributed by atoms with Crippen LogP contribution in [0.2, 0.25) is 0 Å². The molecule has 0 aliphatic heterocycles. The van der Waals surface area contributed by atoms with Crippen LogP contribution >= 0.6 is 12.2 Å². The summed E-state index contributed by atoms with van der Waals surface area (Å²) >= 11 is 4.96. The quantitative estimate of drug-likeness (QED) is 0.665. The van der Waals surface area contributed by atoms with E-state index in [2.05, 4.69) is 15.3 Å². The Morgan fingerprint density at radius 2 is 2.21 bits per heavy atom. The molecule has 0 radical (unpaired) electrons. The van der Waals surface area contributed by atoms with Crippen molar-refractivity contribution in [1.29, 1.82) is 0 Å². The van der Waals surface area contributed by atoms with Crippen LogP contribution in [-0.4, -0.2) is 24.5 Å². The first kappa shape index (κ1) is 8.95. The average Bonchev–Trinajstić information content (AvgIpc) is 2.57. The monoisotopic (exact) mass is 211 g/mol. The lowest BCUT2D eigenvalue weighted by atomic mass is 10.4. The minimum Gasteiger partial charge on any atom is -0.273 e. The van der Waals surface area contributed by atoms with Gasteiger partial charge in [-0.2, -0.15) is 5.10 Å². The molecule has 2 heterocycles. The zero-order chi connectivity index (χ0) is 10.3. The molecule has 0 aliphatic rings. The lowest BCUT2D eigenvalue weighted by Gasteiger charge is -1.94. The van der Waals surface area contributed by atoms with Crippen molar-refractivity contribution in [3.63, 3.8) is 0 Å². The largest absolute Gasteiger partial charge is 0.347 e. The summed E-state index contributed by atoms with van der Waals surface area (Å²) in [5, 5.41) is 9.12. The van der Waals surface area contributed by atoms with Gasteiger partial charge in [0.15, 0.2) is 0 Å². The highest BCUT2D eigenvalue weighted by molar-refractivity contribution is 7.71. The number of hydrogen-bond donors (Lipinski definition) is 2. The summed E-state index contributed by atoms with van der Waals surface area (Å²) in [5.74, 6) is 0. The summed E-state index contributed by atoms with van der Waals surface area (Å²) in [7, 11) is 1.79. The Labute approximate surface area is 84.2 Å². The maximum Gasteiger partial charge on any atom is 0.347 e. The van der Waals surface area contributed by atoms with Crippen molar-refractivity contribution < 1.29 is 0 Å². The maximum absolute atomic E-state index is 11.4. The van der Waals surface area contributed by atoms with Gasteiger partial charge < -0.3 is 0 Å². The fraction of sp³-hybridized carbons (Fsp3) is 0.286. The molecule has 0 spiro atoms. The summed E-state index contributed by atoms with van der Waals surface area (Å²) in [5.41, 5.74) is 1.17. The minimum atomic E-state index is -0.286. The number of H-pyrrole nitrogens is 2. The smallest absolute Gasteiger partial charge is 0.273 e. The van der Waals surface area contributed by atoms with Crippen molar-refractivity contribution >= 4 is 12.2 Å². The molecule has 0 atom stereocenters. The van der Waals surface area contributed by atoms with E-state index in [9.17, 15) is 4.79 Å². The van der Waals surface area contributed by atoms with E-state index in [1.54, 1.807) is 17.9 Å². The Bertz CT molecular complexity index is 544. The molecular weight excluding hydrogens is 202 g/mol. The Morgan fingerprint density at radius 3 is 2.64 bits per heavy atom. The predicted octanol–water partition coefficient (Wildman–Crippen LogP) is 0.265. The van der Waals surface area contributed by atoms with E-state index in [1.807, 2.05) is 6.92 Å². The van der Waals surface area contributed by atoms with Gasteiger partial charge in [0, 0.05) is 13.2 Å². The van der Waals surface area contributed by atoms with E-state index in [-0.39, 0.29) is 5.69 Å². The van der Waals surface area contributed by atoms with Crippen molar-refractivity contribution in [2.45, 2.75) is 6.92 Å². The van der Waals surface area contributed by atoms with E-state index < -0.39 is 0 Å². The highest BCUT2D eigenvalue weighted by atomic mass is 32.1. The SMILES string of the molecule is Cc1nn(C)cc1-n1c(=O)[nH][nH]c1=S. The number of aromatic amines is 2. The van der Waals surface area contributed by atoms with Gasteiger partial charge in [-0.25, -0.2) is 14.5 Å². The molecule has 74 valence electrons. The molecule has 14 heavy (non-hydrogen) atoms. The van der Waals surface area contributed by atoms with Gasteiger partial charge in [-0.1, -0.05) is 0 Å². The molecule has 0 saturated carbocycles. The number of nitrogens with one attached hydrogen (secondary N) is 2. The van der Waals surface area contributed by atoms with E-state index >= 15 is 0 Å². The molecule has 6 nitrogen and oxygen atoms in total. The first-order valence-corrected chi connectivity index (χ1v) is 4.41. The van der Waals surface area contributed by atoms with Crippen LogP contribution < -0.4 is 5.69 Å². The summed E-state index contributed by atoms with van der Waals surface area (Å²) in [4.78, 5) is 11.4. The van der Waals surface area contributed by atoms with Gasteiger partial charge in [0.2, 0.25) is 4.77 Å². The summed E-state index contributed by atoms with van der Waals surface area (Å²) in [6.45, 7) is 1.82. The molecule has 2 aromatic heterocycles. The van der Waals surface area contributed by atoms with E-state index in [0.29, 0.717) is 10.5 Å². The third-order valence-electron chi connectivity index (χ3n) is 1.91. The molecule has 0 saturated heterocycles. The molecule has 0 fully saturated rings. The molecule has 0 aromatic carbocycles. The number of hydrogen-bond acceptors (Lipinski definition) is 3. The maximum atomic E-state index is 11.4. The molecule has 2 aromatic rings. The van der Waals surface area contributed by atoms with Crippen LogP contribution in [0.4, 0.5) is 0 Å². The third kappa shape index (κ3) is 1.22. The van der Waals surface area contributed by atoms with Crippen molar-refractivity contribution in [1.82, 2.24) is 24.5 Å². The lowest BCUT2D eigenvalue weighted by Crippen LogP contribution is -2.15. The van der Waals surface area contributed by atoms with E-state index in [0.717, 1.165) is 5.69 Å². The summed E-state index contributed by atoms with van der Waals surface area (Å²) < 4.78 is 3.35. The second-order valence-electron chi connectivity index (χ2n) is 2.97. The van der Waals surface area contributed by atoms with Gasteiger partial charge in [-0.3, -0.25) is 9.78 Å². The van der Waals surface area contributed by atoms with Gasteiger partial charge in [0.1, 0.15) is 0 Å². The molecular formula is C7H9N5OS. The van der Waals surface area contributed by atoms with Crippen molar-refractivity contribution in [3.05, 3.63) is 27.1 Å². The van der Waals surface area contributed by atoms with Crippen LogP contribution in [-0.2, 0) is 7.05 Å². The molecule has 2 rings (SSSR count). The zero-order valence-corrected chi connectivity index (χ0v) is 8.55. The van der Waals surface area contributed by atoms with Gasteiger partial charge in [0.25, 0.3) is 0 Å². The molecule has 2 N–H and O–H groups in total. The first-order valence-electron chi connectivity index (χ1n) is 4.00. The second-order valence-corrected chi connectivity index (χ2v) is 3.36. The molecule has 0 aliphatic carbocycles. The van der Waals surface area contributed by atoms with E-state index in [4.69, 9.17) is 12.2 Å². The Kier molecular flexibility index (Phi) is 1.88. The standard InChI is InChI=1S/C7H9N5OS/c1-4-5(3-11(2)10-4)12-6(13)8-9-7(12)14/h3H,1-2H3,(H,8,13)(H,9,14). The van der Waals surface area contributed by atoms with Crippen LogP contribution in [0.15, 0.2) is 11.0 Å². The van der Waals surface area contributed by atoms with Gasteiger partial charge >= 0.3 is 5.69 Å². The number of aromatic nitrogens is 5. The van der Waals surface area contributed by atoms with Crippen LogP contribution in [0, 0.1) is 11.7 Å². The molecule has 0 bridgehead atoms. The fourth-order valence-corrected chi connectivity index (χ4v) is 1.57. The van der Waals surface area contributed by atoms with Gasteiger partial charge in [-0.15, -0.1) is 0 Å². The first-order chi connectivity index (χ1) is 6.59. The van der Waals surface area contributed by atoms with Gasteiger partial charge in [-0.05, 0) is 19.1 Å². The van der Waals surface area contributed by atoms with Crippen molar-refractivity contribution in [2.75, 3.05) is 0 Å². The third-order valence-corrected chi connectivity index (χ3v) is 2.20. The van der Waals surface area contributed by atoms with Crippen LogP contribution in [0.1, 0.15) is 5.69 Å². The van der Waals surface area contributed by atoms with Crippen molar-refractivity contribution in [2.24, 2.45) is 7.05 Å². The van der Waals surface area contributed by atoms with Crippen molar-refractivity contribution in [3.8, 4) is 5.69 Å². The highest BCUT2D eigenvalue weighted by Crippen LogP contribution is 2.08. The summed E-state index contributed by atoms with van der Waals surface area (Å²) in [6.07, 6.45) is 1.74. The lowest BCUT2D eigenvalue weighted by molar-refractivity contribution is 0.756. The van der Waals surface area contributed by atoms with Crippen LogP contribution in [0.3, 0.4) is 0 Å². The molecule has 0 amide bonds. The molecule has 0 unspecified atom stereocenters. The Morgan fingerprint density at radius 1 is 1.50 bits per heavy atom. The normalized spacial score (nSPS) is 10.7. The topological polar surface area (TPSA) is 71.4 Å². The second kappa shape index (κ2) is 2.95. The number of aryl methyl sites for hydroxylation is 2. The fourth-order valence-electron chi connectivity index (χ4n) is 1.34. The summed E-state index contributed by atoms with van der Waals surface area (Å²) in [6, 6.07) is 0. The Balaban J connectivity index is 2.77. The minimum absolute atomic E-state index is 0.286. The Hall–Kier alpha value is -1.63. The average molecular weight is 211 g/mol. The molecule has 7 heteroatoms.